The van der Waals surface area contributed by atoms with Crippen LogP contribution in [0, 0.1) is 0 Å². The maximum absolute atomic E-state index is 13.1. The Morgan fingerprint density at radius 1 is 0.892 bits per heavy atom. The number of para-hydroxylation sites is 1. The Balaban J connectivity index is 1.48. The molecule has 0 spiro atoms. The highest BCUT2D eigenvalue weighted by molar-refractivity contribution is 5.82. The summed E-state index contributed by atoms with van der Waals surface area (Å²) in [5.41, 5.74) is 4.53. The first-order chi connectivity index (χ1) is 17.8. The first-order valence-corrected chi connectivity index (χ1v) is 12.3. The molecule has 1 amide bonds. The van der Waals surface area contributed by atoms with Gasteiger partial charge in [0.1, 0.15) is 24.0 Å². The molecule has 0 aliphatic heterocycles. The van der Waals surface area contributed by atoms with Gasteiger partial charge in [-0.25, -0.2) is 9.59 Å². The predicted octanol–water partition coefficient (Wildman–Crippen LogP) is 5.46. The number of ether oxygens (including phenoxy) is 4. The van der Waals surface area contributed by atoms with Crippen molar-refractivity contribution in [3.8, 4) is 16.9 Å². The van der Waals surface area contributed by atoms with Crippen molar-refractivity contribution in [2.75, 3.05) is 20.5 Å². The van der Waals surface area contributed by atoms with Crippen LogP contribution in [0.15, 0.2) is 72.8 Å². The molecular weight excluding hydrogens is 470 g/mol. The average molecular weight is 504 g/mol. The van der Waals surface area contributed by atoms with Gasteiger partial charge >= 0.3 is 12.1 Å². The van der Waals surface area contributed by atoms with Crippen LogP contribution in [0.5, 0.6) is 5.75 Å². The van der Waals surface area contributed by atoms with Crippen LogP contribution < -0.4 is 10.1 Å². The zero-order valence-corrected chi connectivity index (χ0v) is 21.7. The summed E-state index contributed by atoms with van der Waals surface area (Å²) < 4.78 is 21.9. The van der Waals surface area contributed by atoms with Crippen molar-refractivity contribution < 1.29 is 28.5 Å². The second-order valence-corrected chi connectivity index (χ2v) is 9.92. The number of fused-ring (bicyclic) bond motifs is 3. The predicted molar refractivity (Wildman–Crippen MR) is 140 cm³/mol. The number of rotatable bonds is 9. The summed E-state index contributed by atoms with van der Waals surface area (Å²) in [6, 6.07) is 22.6. The van der Waals surface area contributed by atoms with Crippen molar-refractivity contribution in [2.45, 2.75) is 44.8 Å². The summed E-state index contributed by atoms with van der Waals surface area (Å²) in [6.07, 6.45) is -0.521. The van der Waals surface area contributed by atoms with Gasteiger partial charge in [0, 0.05) is 19.4 Å². The third-order valence-electron chi connectivity index (χ3n) is 6.06. The molecule has 7 heteroatoms. The summed E-state index contributed by atoms with van der Waals surface area (Å²) in [4.78, 5) is 26.0. The quantitative estimate of drug-likeness (QED) is 0.308. The number of hydrogen-bond acceptors (Lipinski definition) is 6. The lowest BCUT2D eigenvalue weighted by Crippen LogP contribution is -2.46. The molecule has 4 rings (SSSR count). The third kappa shape index (κ3) is 6.49. The molecule has 1 aliphatic rings. The van der Waals surface area contributed by atoms with Gasteiger partial charge in [-0.3, -0.25) is 0 Å². The minimum atomic E-state index is -0.970. The molecule has 7 nitrogen and oxygen atoms in total. The molecule has 0 unspecified atom stereocenters. The lowest BCUT2D eigenvalue weighted by atomic mass is 9.98. The first-order valence-electron chi connectivity index (χ1n) is 12.3. The van der Waals surface area contributed by atoms with E-state index in [9.17, 15) is 9.59 Å². The van der Waals surface area contributed by atoms with Gasteiger partial charge in [-0.15, -0.1) is 0 Å². The van der Waals surface area contributed by atoms with E-state index in [4.69, 9.17) is 18.9 Å². The maximum Gasteiger partial charge on any atom is 0.407 e. The monoisotopic (exact) mass is 503 g/mol. The number of carbonyl (C=O) groups excluding carboxylic acids is 2. The minimum Gasteiger partial charge on any atom is -0.467 e. The fourth-order valence-corrected chi connectivity index (χ4v) is 4.50. The van der Waals surface area contributed by atoms with E-state index in [1.165, 1.54) is 7.11 Å². The number of carbonyl (C=O) groups is 2. The van der Waals surface area contributed by atoms with E-state index in [1.807, 2.05) is 42.5 Å². The van der Waals surface area contributed by atoms with E-state index >= 15 is 0 Å². The van der Waals surface area contributed by atoms with Crippen LogP contribution in [-0.2, 0) is 25.4 Å². The zero-order valence-electron chi connectivity index (χ0n) is 21.7. The van der Waals surface area contributed by atoms with Crippen LogP contribution in [0.1, 0.15) is 43.4 Å². The molecule has 1 aliphatic carbocycles. The van der Waals surface area contributed by atoms with Gasteiger partial charge in [0.25, 0.3) is 0 Å². The largest absolute Gasteiger partial charge is 0.467 e. The summed E-state index contributed by atoms with van der Waals surface area (Å²) in [5, 5.41) is 2.72. The second kappa shape index (κ2) is 11.5. The van der Waals surface area contributed by atoms with Gasteiger partial charge in [0.05, 0.1) is 0 Å². The maximum atomic E-state index is 13.1. The molecule has 0 saturated carbocycles. The lowest BCUT2D eigenvalue weighted by Gasteiger charge is -2.25. The molecule has 1 atom stereocenters. The van der Waals surface area contributed by atoms with Crippen LogP contribution in [0.2, 0.25) is 0 Å². The average Bonchev–Trinajstić information content (AvgIpc) is 3.19. The standard InChI is InChI=1S/C30H33NO6/c1-30(2,3)37-28(32)26(17-20-11-5-10-16-27(20)36-19-34-4)31-29(33)35-18-25-23-14-8-6-12-21(23)22-13-7-9-15-24(22)25/h5-16,25-26H,17-19H2,1-4H3,(H,31,33)/t26-/m0/s1. The Bertz CT molecular complexity index is 1200. The molecule has 0 radical (unpaired) electrons. The minimum absolute atomic E-state index is 0.0634. The number of nitrogens with one attached hydrogen (secondary N) is 1. The fourth-order valence-electron chi connectivity index (χ4n) is 4.50. The Morgan fingerprint density at radius 3 is 2.11 bits per heavy atom. The highest BCUT2D eigenvalue weighted by Crippen LogP contribution is 2.44. The van der Waals surface area contributed by atoms with E-state index in [0.717, 1.165) is 27.8 Å². The molecule has 3 aromatic carbocycles. The Hall–Kier alpha value is -3.84. The van der Waals surface area contributed by atoms with E-state index in [2.05, 4.69) is 29.6 Å². The molecule has 1 N–H and O–H groups in total. The van der Waals surface area contributed by atoms with Crippen LogP contribution >= 0.6 is 0 Å². The number of alkyl carbamates (subject to hydrolysis) is 1. The zero-order chi connectivity index (χ0) is 26.4. The van der Waals surface area contributed by atoms with Crippen molar-refractivity contribution in [1.29, 1.82) is 0 Å². The van der Waals surface area contributed by atoms with Crippen LogP contribution in [0.25, 0.3) is 11.1 Å². The lowest BCUT2D eigenvalue weighted by molar-refractivity contribution is -0.157. The molecule has 194 valence electrons. The van der Waals surface area contributed by atoms with E-state index < -0.39 is 23.7 Å². The van der Waals surface area contributed by atoms with Crippen LogP contribution in [-0.4, -0.2) is 44.2 Å². The number of benzene rings is 3. The number of amides is 1. The van der Waals surface area contributed by atoms with Crippen molar-refractivity contribution >= 4 is 12.1 Å². The summed E-state index contributed by atoms with van der Waals surface area (Å²) in [6.45, 7) is 5.56. The first kappa shape index (κ1) is 26.2. The normalized spacial score (nSPS) is 13.3. The van der Waals surface area contributed by atoms with Crippen molar-refractivity contribution in [3.05, 3.63) is 89.5 Å². The fraction of sp³-hybridized carbons (Fsp3) is 0.333. The molecule has 0 fully saturated rings. The number of hydrogen-bond donors (Lipinski definition) is 1. The highest BCUT2D eigenvalue weighted by atomic mass is 16.7. The van der Waals surface area contributed by atoms with Crippen LogP contribution in [0.3, 0.4) is 0 Å². The van der Waals surface area contributed by atoms with Crippen molar-refractivity contribution in [2.24, 2.45) is 0 Å². The van der Waals surface area contributed by atoms with Gasteiger partial charge in [-0.05, 0) is 54.7 Å². The van der Waals surface area contributed by atoms with E-state index in [0.29, 0.717) is 5.75 Å². The molecular formula is C30H33NO6. The Morgan fingerprint density at radius 2 is 1.49 bits per heavy atom. The summed E-state index contributed by atoms with van der Waals surface area (Å²) in [5.74, 6) is -0.0731. The van der Waals surface area contributed by atoms with Gasteiger partial charge in [0.2, 0.25) is 0 Å². The van der Waals surface area contributed by atoms with Crippen LogP contribution in [0.4, 0.5) is 4.79 Å². The van der Waals surface area contributed by atoms with Crippen molar-refractivity contribution in [1.82, 2.24) is 5.32 Å². The van der Waals surface area contributed by atoms with Gasteiger partial charge in [0.15, 0.2) is 6.79 Å². The SMILES string of the molecule is COCOc1ccccc1C[C@H](NC(=O)OCC1c2ccccc2-c2ccccc21)C(=O)OC(C)(C)C. The molecule has 0 heterocycles. The molecule has 0 aromatic heterocycles. The van der Waals surface area contributed by atoms with Gasteiger partial charge in [-0.1, -0.05) is 66.7 Å². The van der Waals surface area contributed by atoms with E-state index in [-0.39, 0.29) is 25.7 Å². The Kier molecular flexibility index (Phi) is 8.14. The highest BCUT2D eigenvalue weighted by Gasteiger charge is 2.31. The van der Waals surface area contributed by atoms with Gasteiger partial charge < -0.3 is 24.3 Å². The smallest absolute Gasteiger partial charge is 0.407 e. The van der Waals surface area contributed by atoms with Crippen molar-refractivity contribution in [3.63, 3.8) is 0 Å². The summed E-state index contributed by atoms with van der Waals surface area (Å²) in [7, 11) is 1.53. The Labute approximate surface area is 217 Å². The number of methoxy groups -OCH3 is 1. The van der Waals surface area contributed by atoms with Gasteiger partial charge in [-0.2, -0.15) is 0 Å². The summed E-state index contributed by atoms with van der Waals surface area (Å²) >= 11 is 0. The third-order valence-corrected chi connectivity index (χ3v) is 6.06. The molecule has 37 heavy (non-hydrogen) atoms. The molecule has 0 bridgehead atoms. The molecule has 3 aromatic rings. The number of esters is 1. The topological polar surface area (TPSA) is 83.1 Å². The molecule has 0 saturated heterocycles. The van der Waals surface area contributed by atoms with E-state index in [1.54, 1.807) is 26.8 Å². The second-order valence-electron chi connectivity index (χ2n) is 9.92.